The molecule has 0 atom stereocenters. The van der Waals surface area contributed by atoms with Gasteiger partial charge in [-0.05, 0) is 24.6 Å². The maximum Gasteiger partial charge on any atom is 0.261 e. The summed E-state index contributed by atoms with van der Waals surface area (Å²) in [7, 11) is -3.55. The average molecular weight is 429 g/mol. The van der Waals surface area contributed by atoms with Gasteiger partial charge in [-0.15, -0.1) is 0 Å². The lowest BCUT2D eigenvalue weighted by molar-refractivity contribution is -0.121. The molecule has 0 saturated carbocycles. The summed E-state index contributed by atoms with van der Waals surface area (Å²) in [4.78, 5) is 37.8. The van der Waals surface area contributed by atoms with Gasteiger partial charge in [-0.25, -0.2) is 13.1 Å². The molecule has 158 valence electrons. The zero-order valence-electron chi connectivity index (χ0n) is 16.6. The first-order valence-electron chi connectivity index (χ1n) is 9.51. The predicted molar refractivity (Wildman–Crippen MR) is 111 cm³/mol. The van der Waals surface area contributed by atoms with E-state index in [0.717, 1.165) is 16.0 Å². The molecule has 0 unspecified atom stereocenters. The number of nitrogens with one attached hydrogen (secondary N) is 2. The SMILES string of the molecule is Cc1ccc2c(c1)C(=O)N(CCC(=O)NCCS(=O)(=O)NCc1ccccc1)C2=O. The van der Waals surface area contributed by atoms with Crippen LogP contribution in [0.25, 0.3) is 0 Å². The van der Waals surface area contributed by atoms with Crippen LogP contribution in [0, 0.1) is 6.92 Å². The van der Waals surface area contributed by atoms with Gasteiger partial charge in [-0.2, -0.15) is 0 Å². The van der Waals surface area contributed by atoms with Crippen molar-refractivity contribution in [2.45, 2.75) is 19.9 Å². The average Bonchev–Trinajstić information content (AvgIpc) is 2.95. The van der Waals surface area contributed by atoms with Gasteiger partial charge in [0.2, 0.25) is 15.9 Å². The minimum Gasteiger partial charge on any atom is -0.355 e. The number of carbonyl (C=O) groups excluding carboxylic acids is 3. The molecule has 2 aromatic rings. The lowest BCUT2D eigenvalue weighted by Crippen LogP contribution is -2.37. The van der Waals surface area contributed by atoms with Crippen LogP contribution in [0.15, 0.2) is 48.5 Å². The van der Waals surface area contributed by atoms with Crippen LogP contribution in [0.4, 0.5) is 0 Å². The first kappa shape index (κ1) is 21.7. The van der Waals surface area contributed by atoms with Crippen LogP contribution in [0.1, 0.15) is 38.3 Å². The lowest BCUT2D eigenvalue weighted by atomic mass is 10.1. The van der Waals surface area contributed by atoms with E-state index < -0.39 is 27.7 Å². The Balaban J connectivity index is 1.42. The number of hydrogen-bond donors (Lipinski definition) is 2. The van der Waals surface area contributed by atoms with E-state index in [1.54, 1.807) is 18.2 Å². The molecule has 2 aromatic carbocycles. The Kier molecular flexibility index (Phi) is 6.63. The van der Waals surface area contributed by atoms with Crippen molar-refractivity contribution in [2.75, 3.05) is 18.8 Å². The topological polar surface area (TPSA) is 113 Å². The van der Waals surface area contributed by atoms with Gasteiger partial charge < -0.3 is 5.32 Å². The van der Waals surface area contributed by atoms with Crippen LogP contribution in [-0.4, -0.2) is 49.9 Å². The summed E-state index contributed by atoms with van der Waals surface area (Å²) in [6.45, 7) is 1.88. The van der Waals surface area contributed by atoms with Gasteiger partial charge in [0.15, 0.2) is 0 Å². The number of benzene rings is 2. The van der Waals surface area contributed by atoms with E-state index in [1.165, 1.54) is 0 Å². The Labute approximate surface area is 175 Å². The van der Waals surface area contributed by atoms with Crippen molar-refractivity contribution in [3.8, 4) is 0 Å². The van der Waals surface area contributed by atoms with Crippen molar-refractivity contribution in [2.24, 2.45) is 0 Å². The van der Waals surface area contributed by atoms with E-state index >= 15 is 0 Å². The number of carbonyl (C=O) groups is 3. The van der Waals surface area contributed by atoms with Gasteiger partial charge in [0.05, 0.1) is 16.9 Å². The van der Waals surface area contributed by atoms with Crippen molar-refractivity contribution >= 4 is 27.7 Å². The minimum atomic E-state index is -3.55. The molecular weight excluding hydrogens is 406 g/mol. The zero-order chi connectivity index (χ0) is 21.7. The molecule has 0 fully saturated rings. The van der Waals surface area contributed by atoms with Crippen LogP contribution in [-0.2, 0) is 21.4 Å². The summed E-state index contributed by atoms with van der Waals surface area (Å²) in [5, 5.41) is 2.51. The molecular formula is C21H23N3O5S. The third-order valence-corrected chi connectivity index (χ3v) is 6.05. The Bertz CT molecular complexity index is 1070. The van der Waals surface area contributed by atoms with Crippen molar-refractivity contribution in [1.29, 1.82) is 0 Å². The summed E-state index contributed by atoms with van der Waals surface area (Å²) < 4.78 is 26.5. The van der Waals surface area contributed by atoms with Crippen molar-refractivity contribution in [3.05, 3.63) is 70.8 Å². The molecule has 0 aromatic heterocycles. The smallest absolute Gasteiger partial charge is 0.261 e. The fraction of sp³-hybridized carbons (Fsp3) is 0.286. The van der Waals surface area contributed by atoms with E-state index in [0.29, 0.717) is 11.1 Å². The number of nitrogens with zero attached hydrogens (tertiary/aromatic N) is 1. The molecule has 3 amide bonds. The maximum atomic E-state index is 12.4. The standard InChI is InChI=1S/C21H23N3O5S/c1-15-7-8-17-18(13-15)21(27)24(20(17)26)11-9-19(25)22-10-12-30(28,29)23-14-16-5-3-2-4-6-16/h2-8,13,23H,9-12,14H2,1H3,(H,22,25). The molecule has 1 heterocycles. The van der Waals surface area contributed by atoms with Gasteiger partial charge in [-0.3, -0.25) is 19.3 Å². The van der Waals surface area contributed by atoms with Crippen molar-refractivity contribution < 1.29 is 22.8 Å². The number of fused-ring (bicyclic) bond motifs is 1. The number of aryl methyl sites for hydroxylation is 1. The molecule has 0 spiro atoms. The largest absolute Gasteiger partial charge is 0.355 e. The molecule has 3 rings (SSSR count). The Morgan fingerprint density at radius 2 is 1.70 bits per heavy atom. The van der Waals surface area contributed by atoms with E-state index in [4.69, 9.17) is 0 Å². The Morgan fingerprint density at radius 3 is 2.43 bits per heavy atom. The molecule has 0 saturated heterocycles. The third kappa shape index (κ3) is 5.31. The number of imide groups is 1. The van der Waals surface area contributed by atoms with Gasteiger partial charge in [-0.1, -0.05) is 42.0 Å². The van der Waals surface area contributed by atoms with E-state index in [2.05, 4.69) is 10.0 Å². The van der Waals surface area contributed by atoms with Gasteiger partial charge in [0.25, 0.3) is 11.8 Å². The summed E-state index contributed by atoms with van der Waals surface area (Å²) in [5.41, 5.74) is 2.38. The number of rotatable bonds is 9. The van der Waals surface area contributed by atoms with Gasteiger partial charge in [0, 0.05) is 26.1 Å². The summed E-state index contributed by atoms with van der Waals surface area (Å²) >= 11 is 0. The van der Waals surface area contributed by atoms with Crippen molar-refractivity contribution in [1.82, 2.24) is 14.9 Å². The van der Waals surface area contributed by atoms with E-state index in [9.17, 15) is 22.8 Å². The quantitative estimate of drug-likeness (QED) is 0.582. The van der Waals surface area contributed by atoms with Crippen LogP contribution in [0.2, 0.25) is 0 Å². The second-order valence-corrected chi connectivity index (χ2v) is 8.96. The fourth-order valence-corrected chi connectivity index (χ4v) is 4.00. The van der Waals surface area contributed by atoms with Crippen LogP contribution in [0.5, 0.6) is 0 Å². The molecule has 8 nitrogen and oxygen atoms in total. The van der Waals surface area contributed by atoms with E-state index in [1.807, 2.05) is 37.3 Å². The van der Waals surface area contributed by atoms with Crippen LogP contribution < -0.4 is 10.0 Å². The Morgan fingerprint density at radius 1 is 1.00 bits per heavy atom. The molecule has 30 heavy (non-hydrogen) atoms. The lowest BCUT2D eigenvalue weighted by Gasteiger charge is -2.13. The highest BCUT2D eigenvalue weighted by molar-refractivity contribution is 7.89. The molecule has 9 heteroatoms. The third-order valence-electron chi connectivity index (χ3n) is 4.72. The number of hydrogen-bond acceptors (Lipinski definition) is 5. The monoisotopic (exact) mass is 429 g/mol. The predicted octanol–water partition coefficient (Wildman–Crippen LogP) is 1.22. The fourth-order valence-electron chi connectivity index (χ4n) is 3.10. The molecule has 0 bridgehead atoms. The highest BCUT2D eigenvalue weighted by Gasteiger charge is 2.35. The maximum absolute atomic E-state index is 12.4. The molecule has 1 aliphatic rings. The van der Waals surface area contributed by atoms with Crippen LogP contribution in [0.3, 0.4) is 0 Å². The summed E-state index contributed by atoms with van der Waals surface area (Å²) in [5.74, 6) is -1.53. The van der Waals surface area contributed by atoms with E-state index in [-0.39, 0.29) is 31.8 Å². The highest BCUT2D eigenvalue weighted by atomic mass is 32.2. The van der Waals surface area contributed by atoms with Crippen molar-refractivity contribution in [3.63, 3.8) is 0 Å². The molecule has 0 radical (unpaired) electrons. The zero-order valence-corrected chi connectivity index (χ0v) is 17.4. The second kappa shape index (κ2) is 9.19. The van der Waals surface area contributed by atoms with Crippen LogP contribution >= 0.6 is 0 Å². The molecule has 1 aliphatic heterocycles. The summed E-state index contributed by atoms with van der Waals surface area (Å²) in [6.07, 6.45) is -0.0953. The molecule has 0 aliphatic carbocycles. The highest BCUT2D eigenvalue weighted by Crippen LogP contribution is 2.23. The summed E-state index contributed by atoms with van der Waals surface area (Å²) in [6, 6.07) is 14.1. The number of amides is 3. The van der Waals surface area contributed by atoms with Gasteiger partial charge in [0.1, 0.15) is 0 Å². The second-order valence-electron chi connectivity index (χ2n) is 7.04. The van der Waals surface area contributed by atoms with Gasteiger partial charge >= 0.3 is 0 Å². The normalized spacial score (nSPS) is 13.4. The first-order chi connectivity index (χ1) is 14.3. The molecule has 2 N–H and O–H groups in total. The first-order valence-corrected chi connectivity index (χ1v) is 11.2. The Hall–Kier alpha value is -3.04. The number of sulfonamides is 1. The minimum absolute atomic E-state index is 0.0593.